The van der Waals surface area contributed by atoms with E-state index in [4.69, 9.17) is 32.8 Å². The Bertz CT molecular complexity index is 1150. The van der Waals surface area contributed by atoms with Gasteiger partial charge in [-0.1, -0.05) is 35.3 Å². The number of benzene rings is 2. The molecule has 3 aromatic rings. The van der Waals surface area contributed by atoms with E-state index in [-0.39, 0.29) is 24.5 Å². The molecule has 0 atom stereocenters. The predicted octanol–water partition coefficient (Wildman–Crippen LogP) is 4.01. The minimum absolute atomic E-state index is 0.133. The maximum Gasteiger partial charge on any atom is 0.224 e. The highest BCUT2D eigenvalue weighted by Gasteiger charge is 2.12. The first-order valence-corrected chi connectivity index (χ1v) is 11.0. The van der Waals surface area contributed by atoms with Crippen molar-refractivity contribution >= 4 is 44.8 Å². The van der Waals surface area contributed by atoms with Crippen LogP contribution in [0.25, 0.3) is 11.3 Å². The van der Waals surface area contributed by atoms with Crippen LogP contribution >= 0.6 is 23.2 Å². The van der Waals surface area contributed by atoms with Gasteiger partial charge in [0.05, 0.1) is 17.0 Å². The van der Waals surface area contributed by atoms with Crippen molar-refractivity contribution in [3.8, 4) is 11.3 Å². The van der Waals surface area contributed by atoms with Crippen molar-refractivity contribution in [2.75, 3.05) is 5.32 Å². The van der Waals surface area contributed by atoms with Gasteiger partial charge in [0.25, 0.3) is 0 Å². The number of hydrogen-bond acceptors (Lipinski definition) is 5. The number of aromatic nitrogens is 1. The van der Waals surface area contributed by atoms with E-state index in [1.807, 2.05) is 0 Å². The molecule has 1 aromatic heterocycles. The van der Waals surface area contributed by atoms with Crippen molar-refractivity contribution in [3.05, 3.63) is 70.2 Å². The molecule has 152 valence electrons. The van der Waals surface area contributed by atoms with Crippen LogP contribution in [0.2, 0.25) is 10.0 Å². The van der Waals surface area contributed by atoms with Crippen molar-refractivity contribution in [2.45, 2.75) is 18.6 Å². The largest absolute Gasteiger partial charge is 0.441 e. The zero-order valence-electron chi connectivity index (χ0n) is 15.1. The normalized spacial score (nSPS) is 11.4. The second-order valence-corrected chi connectivity index (χ2v) is 8.76. The molecule has 1 heterocycles. The molecule has 0 saturated heterocycles. The third-order valence-corrected chi connectivity index (χ3v) is 5.18. The summed E-state index contributed by atoms with van der Waals surface area (Å²) in [7, 11) is -3.64. The van der Waals surface area contributed by atoms with Crippen LogP contribution in [0.4, 0.5) is 5.69 Å². The molecule has 3 N–H and O–H groups in total. The van der Waals surface area contributed by atoms with Gasteiger partial charge in [-0.15, -0.1) is 0 Å². The molecule has 2 aromatic carbocycles. The summed E-state index contributed by atoms with van der Waals surface area (Å²) < 4.78 is 28.1. The molecule has 29 heavy (non-hydrogen) atoms. The number of carbonyl (C=O) groups excluding carboxylic acids is 1. The number of aryl methyl sites for hydroxylation is 1. The van der Waals surface area contributed by atoms with Gasteiger partial charge in [0, 0.05) is 29.1 Å². The van der Waals surface area contributed by atoms with Gasteiger partial charge in [-0.25, -0.2) is 18.5 Å². The molecule has 0 aliphatic rings. The van der Waals surface area contributed by atoms with E-state index < -0.39 is 10.0 Å². The standard InChI is InChI=1S/C19H17Cl2N3O4S/c20-13-4-5-15(16(21)9-13)17-10-23-19(28-17)7-6-18(25)24-14-3-1-2-12(8-14)11-29(22,26)27/h1-5,8-10H,6-7,11H2,(H,24,25)(H2,22,26,27). The maximum absolute atomic E-state index is 12.2. The molecule has 0 aliphatic carbocycles. The molecule has 1 amide bonds. The molecule has 0 unspecified atom stereocenters. The van der Waals surface area contributed by atoms with Crippen LogP contribution in [0.3, 0.4) is 0 Å². The third-order valence-electron chi connectivity index (χ3n) is 3.89. The summed E-state index contributed by atoms with van der Waals surface area (Å²) in [4.78, 5) is 16.4. The summed E-state index contributed by atoms with van der Waals surface area (Å²) in [6.07, 6.45) is 1.96. The van der Waals surface area contributed by atoms with E-state index in [0.29, 0.717) is 38.5 Å². The zero-order chi connectivity index (χ0) is 21.0. The topological polar surface area (TPSA) is 115 Å². The second kappa shape index (κ2) is 8.96. The number of nitrogens with zero attached hydrogens (tertiary/aromatic N) is 1. The van der Waals surface area contributed by atoms with E-state index in [2.05, 4.69) is 10.3 Å². The number of primary sulfonamides is 1. The van der Waals surface area contributed by atoms with Crippen molar-refractivity contribution in [1.29, 1.82) is 0 Å². The van der Waals surface area contributed by atoms with Crippen LogP contribution < -0.4 is 10.5 Å². The van der Waals surface area contributed by atoms with Crippen LogP contribution in [0, 0.1) is 0 Å². The van der Waals surface area contributed by atoms with Crippen LogP contribution in [0.1, 0.15) is 17.9 Å². The van der Waals surface area contributed by atoms with Crippen LogP contribution in [-0.2, 0) is 27.0 Å². The van der Waals surface area contributed by atoms with Crippen LogP contribution in [-0.4, -0.2) is 19.3 Å². The van der Waals surface area contributed by atoms with Gasteiger partial charge in [0.2, 0.25) is 15.9 Å². The lowest BCUT2D eigenvalue weighted by Gasteiger charge is -2.06. The number of carbonyl (C=O) groups is 1. The Balaban J connectivity index is 1.59. The van der Waals surface area contributed by atoms with Crippen LogP contribution in [0.5, 0.6) is 0 Å². The number of nitrogens with two attached hydrogens (primary N) is 1. The molecule has 0 radical (unpaired) electrons. The van der Waals surface area contributed by atoms with Crippen molar-refractivity contribution in [1.82, 2.24) is 4.98 Å². The van der Waals surface area contributed by atoms with Gasteiger partial charge in [-0.2, -0.15) is 0 Å². The monoisotopic (exact) mass is 453 g/mol. The molecular formula is C19H17Cl2N3O4S. The summed E-state index contributed by atoms with van der Waals surface area (Å²) in [6.45, 7) is 0. The summed E-state index contributed by atoms with van der Waals surface area (Å²) >= 11 is 12.1. The molecular weight excluding hydrogens is 437 g/mol. The number of hydrogen-bond donors (Lipinski definition) is 2. The molecule has 7 nitrogen and oxygen atoms in total. The van der Waals surface area contributed by atoms with E-state index in [1.165, 1.54) is 0 Å². The van der Waals surface area contributed by atoms with E-state index >= 15 is 0 Å². The van der Waals surface area contributed by atoms with Gasteiger partial charge in [0.15, 0.2) is 11.7 Å². The molecule has 3 rings (SSSR count). The molecule has 0 bridgehead atoms. The first kappa shape index (κ1) is 21.3. The number of sulfonamides is 1. The highest BCUT2D eigenvalue weighted by Crippen LogP contribution is 2.30. The molecule has 0 fully saturated rings. The molecule has 0 spiro atoms. The Hall–Kier alpha value is -2.39. The van der Waals surface area contributed by atoms with Gasteiger partial charge >= 0.3 is 0 Å². The van der Waals surface area contributed by atoms with Crippen molar-refractivity contribution < 1.29 is 17.6 Å². The van der Waals surface area contributed by atoms with Crippen molar-refractivity contribution in [3.63, 3.8) is 0 Å². The van der Waals surface area contributed by atoms with Gasteiger partial charge in [-0.3, -0.25) is 4.79 Å². The predicted molar refractivity (Wildman–Crippen MR) is 112 cm³/mol. The number of rotatable bonds is 7. The summed E-state index contributed by atoms with van der Waals surface area (Å²) in [5.41, 5.74) is 1.63. The highest BCUT2D eigenvalue weighted by atomic mass is 35.5. The minimum Gasteiger partial charge on any atom is -0.441 e. The maximum atomic E-state index is 12.2. The number of nitrogens with one attached hydrogen (secondary N) is 1. The molecule has 10 heteroatoms. The Kier molecular flexibility index (Phi) is 6.59. The lowest BCUT2D eigenvalue weighted by Crippen LogP contribution is -2.15. The van der Waals surface area contributed by atoms with E-state index in [1.54, 1.807) is 48.7 Å². The average molecular weight is 454 g/mol. The number of oxazole rings is 1. The Morgan fingerprint density at radius 2 is 1.97 bits per heavy atom. The summed E-state index contributed by atoms with van der Waals surface area (Å²) in [5.74, 6) is 0.312. The zero-order valence-corrected chi connectivity index (χ0v) is 17.4. The number of amides is 1. The van der Waals surface area contributed by atoms with Crippen molar-refractivity contribution in [2.24, 2.45) is 5.14 Å². The Labute approximate surface area is 177 Å². The van der Waals surface area contributed by atoms with E-state index in [9.17, 15) is 13.2 Å². The Morgan fingerprint density at radius 1 is 1.17 bits per heavy atom. The number of halogens is 2. The first-order chi connectivity index (χ1) is 13.7. The summed E-state index contributed by atoms with van der Waals surface area (Å²) in [6, 6.07) is 11.5. The van der Waals surface area contributed by atoms with Gasteiger partial charge in [0.1, 0.15) is 0 Å². The van der Waals surface area contributed by atoms with Crippen LogP contribution in [0.15, 0.2) is 53.1 Å². The first-order valence-electron chi connectivity index (χ1n) is 8.49. The molecule has 0 saturated carbocycles. The summed E-state index contributed by atoms with van der Waals surface area (Å²) in [5, 5.41) is 8.72. The van der Waals surface area contributed by atoms with E-state index in [0.717, 1.165) is 0 Å². The highest BCUT2D eigenvalue weighted by molar-refractivity contribution is 7.88. The molecule has 0 aliphatic heterocycles. The van der Waals surface area contributed by atoms with Gasteiger partial charge < -0.3 is 9.73 Å². The Morgan fingerprint density at radius 3 is 2.69 bits per heavy atom. The lowest BCUT2D eigenvalue weighted by molar-refractivity contribution is -0.116. The number of anilines is 1. The minimum atomic E-state index is -3.64. The SMILES string of the molecule is NS(=O)(=O)Cc1cccc(NC(=O)CCc2ncc(-c3ccc(Cl)cc3Cl)o2)c1. The van der Waals surface area contributed by atoms with Gasteiger partial charge in [-0.05, 0) is 35.9 Å². The smallest absolute Gasteiger partial charge is 0.224 e. The fourth-order valence-electron chi connectivity index (χ4n) is 2.65. The lowest BCUT2D eigenvalue weighted by atomic mass is 10.2. The third kappa shape index (κ3) is 6.30. The quantitative estimate of drug-likeness (QED) is 0.560. The fraction of sp³-hybridized carbons (Fsp3) is 0.158. The fourth-order valence-corrected chi connectivity index (χ4v) is 3.80. The average Bonchev–Trinajstić information content (AvgIpc) is 3.07. The second-order valence-electron chi connectivity index (χ2n) is 6.30.